The number of fused-ring (bicyclic) bond motifs is 2. The number of aromatic nitrogens is 3. The summed E-state index contributed by atoms with van der Waals surface area (Å²) >= 11 is 0. The largest absolute Gasteiger partial charge is 0.383 e. The Labute approximate surface area is 170 Å². The molecule has 0 unspecified atom stereocenters. The maximum absolute atomic E-state index is 6.14. The van der Waals surface area contributed by atoms with Gasteiger partial charge in [0, 0.05) is 48.3 Å². The molecule has 5 rings (SSSR count). The van der Waals surface area contributed by atoms with Crippen LogP contribution < -0.4 is 10.6 Å². The molecule has 29 heavy (non-hydrogen) atoms. The Bertz CT molecular complexity index is 1180. The van der Waals surface area contributed by atoms with Crippen molar-refractivity contribution in [3.05, 3.63) is 66.1 Å². The summed E-state index contributed by atoms with van der Waals surface area (Å²) in [5.41, 5.74) is 10.4. The molecule has 1 aliphatic heterocycles. The molecule has 4 aromatic rings. The van der Waals surface area contributed by atoms with Gasteiger partial charge in [-0.05, 0) is 31.2 Å². The van der Waals surface area contributed by atoms with E-state index in [-0.39, 0.29) is 0 Å². The van der Waals surface area contributed by atoms with Crippen LogP contribution >= 0.6 is 0 Å². The van der Waals surface area contributed by atoms with Crippen LogP contribution in [0.2, 0.25) is 0 Å². The first-order valence-electron chi connectivity index (χ1n) is 10.0. The van der Waals surface area contributed by atoms with Gasteiger partial charge in [0.2, 0.25) is 0 Å². The number of rotatable bonds is 3. The summed E-state index contributed by atoms with van der Waals surface area (Å²) in [6.07, 6.45) is 0. The van der Waals surface area contributed by atoms with Gasteiger partial charge < -0.3 is 10.6 Å². The third-order valence-electron chi connectivity index (χ3n) is 5.58. The lowest BCUT2D eigenvalue weighted by molar-refractivity contribution is 0.244. The normalized spacial score (nSPS) is 15.3. The summed E-state index contributed by atoms with van der Waals surface area (Å²) in [7, 11) is 0. The second-order valence-electron chi connectivity index (χ2n) is 7.61. The van der Waals surface area contributed by atoms with Gasteiger partial charge in [0.15, 0.2) is 0 Å². The van der Waals surface area contributed by atoms with Gasteiger partial charge in [-0.25, -0.2) is 9.97 Å². The van der Waals surface area contributed by atoms with E-state index in [4.69, 9.17) is 10.7 Å². The van der Waals surface area contributed by atoms with Crippen LogP contribution in [0.4, 0.5) is 11.5 Å². The second-order valence-corrected chi connectivity index (χ2v) is 7.61. The maximum Gasteiger partial charge on any atom is 0.145 e. The van der Waals surface area contributed by atoms with Gasteiger partial charge in [-0.2, -0.15) is 0 Å². The average Bonchev–Trinajstić information content (AvgIpc) is 2.74. The van der Waals surface area contributed by atoms with E-state index in [9.17, 15) is 0 Å². The molecule has 0 aliphatic carbocycles. The van der Waals surface area contributed by atoms with Crippen molar-refractivity contribution in [1.82, 2.24) is 19.9 Å². The monoisotopic (exact) mass is 384 g/mol. The van der Waals surface area contributed by atoms with Gasteiger partial charge in [0.05, 0.1) is 17.6 Å². The first-order chi connectivity index (χ1) is 14.2. The van der Waals surface area contributed by atoms with Gasteiger partial charge in [0.1, 0.15) is 11.6 Å². The van der Waals surface area contributed by atoms with Crippen molar-refractivity contribution in [2.45, 2.75) is 13.5 Å². The highest BCUT2D eigenvalue weighted by Gasteiger charge is 2.20. The van der Waals surface area contributed by atoms with E-state index in [0.29, 0.717) is 5.82 Å². The molecule has 0 atom stereocenters. The molecule has 0 radical (unpaired) electrons. The molecule has 0 spiro atoms. The first-order valence-corrected chi connectivity index (χ1v) is 10.0. The van der Waals surface area contributed by atoms with Crippen LogP contribution in [0.1, 0.15) is 11.5 Å². The molecule has 2 N–H and O–H groups in total. The van der Waals surface area contributed by atoms with Crippen molar-refractivity contribution >= 4 is 33.3 Å². The molecule has 3 heterocycles. The van der Waals surface area contributed by atoms with Crippen LogP contribution in [-0.2, 0) is 6.54 Å². The highest BCUT2D eigenvalue weighted by Crippen LogP contribution is 2.28. The zero-order valence-corrected chi connectivity index (χ0v) is 16.5. The summed E-state index contributed by atoms with van der Waals surface area (Å²) in [6.45, 7) is 6.65. The number of para-hydroxylation sites is 2. The number of anilines is 2. The quantitative estimate of drug-likeness (QED) is 0.584. The Balaban J connectivity index is 1.33. The highest BCUT2D eigenvalue weighted by molar-refractivity contribution is 5.92. The number of benzene rings is 2. The molecule has 146 valence electrons. The summed E-state index contributed by atoms with van der Waals surface area (Å²) in [5.74, 6) is 1.35. The first kappa shape index (κ1) is 17.8. The zero-order valence-electron chi connectivity index (χ0n) is 16.5. The SMILES string of the molecule is Cc1cc(N2CCN(Cc3nc(N)c4ccccc4n3)CC2)c2ccccc2n1. The van der Waals surface area contributed by atoms with Crippen molar-refractivity contribution in [1.29, 1.82) is 0 Å². The molecular weight excluding hydrogens is 360 g/mol. The Morgan fingerprint density at radius 2 is 1.48 bits per heavy atom. The number of hydrogen-bond donors (Lipinski definition) is 1. The summed E-state index contributed by atoms with van der Waals surface area (Å²) in [4.78, 5) is 18.8. The Morgan fingerprint density at radius 1 is 0.828 bits per heavy atom. The van der Waals surface area contributed by atoms with Crippen molar-refractivity contribution in [3.63, 3.8) is 0 Å². The van der Waals surface area contributed by atoms with E-state index >= 15 is 0 Å². The zero-order chi connectivity index (χ0) is 19.8. The van der Waals surface area contributed by atoms with E-state index in [0.717, 1.165) is 60.7 Å². The highest BCUT2D eigenvalue weighted by atomic mass is 15.3. The Morgan fingerprint density at radius 3 is 2.24 bits per heavy atom. The Hall–Kier alpha value is -3.25. The minimum absolute atomic E-state index is 0.558. The van der Waals surface area contributed by atoms with E-state index in [1.807, 2.05) is 30.3 Å². The van der Waals surface area contributed by atoms with Crippen molar-refractivity contribution in [2.24, 2.45) is 0 Å². The lowest BCUT2D eigenvalue weighted by Gasteiger charge is -2.36. The van der Waals surface area contributed by atoms with Gasteiger partial charge in [-0.3, -0.25) is 9.88 Å². The number of nitrogen functional groups attached to an aromatic ring is 1. The molecule has 0 amide bonds. The van der Waals surface area contributed by atoms with Crippen LogP contribution in [0.15, 0.2) is 54.6 Å². The third kappa shape index (κ3) is 3.47. The lowest BCUT2D eigenvalue weighted by atomic mass is 10.1. The van der Waals surface area contributed by atoms with E-state index in [1.54, 1.807) is 0 Å². The molecule has 2 aromatic heterocycles. The number of hydrogen-bond acceptors (Lipinski definition) is 6. The van der Waals surface area contributed by atoms with Gasteiger partial charge in [0.25, 0.3) is 0 Å². The maximum atomic E-state index is 6.14. The fraction of sp³-hybridized carbons (Fsp3) is 0.261. The molecule has 1 saturated heterocycles. The number of aryl methyl sites for hydroxylation is 1. The number of nitrogens with two attached hydrogens (primary N) is 1. The van der Waals surface area contributed by atoms with Gasteiger partial charge >= 0.3 is 0 Å². The van der Waals surface area contributed by atoms with Crippen LogP contribution in [0.5, 0.6) is 0 Å². The molecule has 6 nitrogen and oxygen atoms in total. The molecular formula is C23H24N6. The molecule has 6 heteroatoms. The Kier molecular flexibility index (Phi) is 4.48. The van der Waals surface area contributed by atoms with Crippen LogP contribution in [0.3, 0.4) is 0 Å². The predicted molar refractivity (Wildman–Crippen MR) is 118 cm³/mol. The number of nitrogens with zero attached hydrogens (tertiary/aromatic N) is 5. The lowest BCUT2D eigenvalue weighted by Crippen LogP contribution is -2.46. The van der Waals surface area contributed by atoms with E-state index in [1.165, 1.54) is 11.1 Å². The molecule has 2 aromatic carbocycles. The summed E-state index contributed by atoms with van der Waals surface area (Å²) < 4.78 is 0. The minimum Gasteiger partial charge on any atom is -0.383 e. The molecule has 0 saturated carbocycles. The second kappa shape index (κ2) is 7.29. The van der Waals surface area contributed by atoms with Crippen LogP contribution in [0, 0.1) is 6.92 Å². The van der Waals surface area contributed by atoms with E-state index < -0.39 is 0 Å². The summed E-state index contributed by atoms with van der Waals surface area (Å²) in [6, 6.07) is 18.5. The van der Waals surface area contributed by atoms with E-state index in [2.05, 4.69) is 51.0 Å². The van der Waals surface area contributed by atoms with Crippen molar-refractivity contribution < 1.29 is 0 Å². The fourth-order valence-corrected chi connectivity index (χ4v) is 4.12. The number of pyridine rings is 1. The van der Waals surface area contributed by atoms with Crippen molar-refractivity contribution in [3.8, 4) is 0 Å². The summed E-state index contributed by atoms with van der Waals surface area (Å²) in [5, 5.41) is 2.14. The standard InChI is InChI=1S/C23H24N6/c1-16-14-21(17-6-2-4-8-19(17)25-16)29-12-10-28(11-13-29)15-22-26-20-9-5-3-7-18(20)23(24)27-22/h2-9,14H,10-13,15H2,1H3,(H2,24,26,27). The third-order valence-corrected chi connectivity index (χ3v) is 5.58. The van der Waals surface area contributed by atoms with Crippen LogP contribution in [0.25, 0.3) is 21.8 Å². The van der Waals surface area contributed by atoms with Gasteiger partial charge in [-0.1, -0.05) is 30.3 Å². The average molecular weight is 384 g/mol. The van der Waals surface area contributed by atoms with Crippen LogP contribution in [-0.4, -0.2) is 46.0 Å². The molecule has 1 fully saturated rings. The predicted octanol–water partition coefficient (Wildman–Crippen LogP) is 3.39. The minimum atomic E-state index is 0.558. The molecule has 1 aliphatic rings. The fourth-order valence-electron chi connectivity index (χ4n) is 4.12. The smallest absolute Gasteiger partial charge is 0.145 e. The molecule has 0 bridgehead atoms. The topological polar surface area (TPSA) is 71.2 Å². The van der Waals surface area contributed by atoms with Crippen molar-refractivity contribution in [2.75, 3.05) is 36.8 Å². The number of piperazine rings is 1. The van der Waals surface area contributed by atoms with Gasteiger partial charge in [-0.15, -0.1) is 0 Å².